The molecule has 0 saturated carbocycles. The Labute approximate surface area is 131 Å². The molecule has 0 aliphatic carbocycles. The molecule has 7 nitrogen and oxygen atoms in total. The second kappa shape index (κ2) is 5.78. The molecular weight excluding hydrogens is 321 g/mol. The average molecular weight is 333 g/mol. The zero-order valence-electron chi connectivity index (χ0n) is 11.7. The van der Waals surface area contributed by atoms with Gasteiger partial charge in [0.15, 0.2) is 5.82 Å². The molecule has 3 rings (SSSR count). The number of benzene rings is 1. The van der Waals surface area contributed by atoms with E-state index in [2.05, 4.69) is 19.9 Å². The molecule has 0 bridgehead atoms. The van der Waals surface area contributed by atoms with Crippen molar-refractivity contribution >= 4 is 16.0 Å². The SMILES string of the molecule is NS(=O)(=O)Nc1n[nH]c(-c2ccc(F)cc2)c1-c1ccncc1. The number of anilines is 1. The molecular formula is C14H12FN5O2S. The molecule has 23 heavy (non-hydrogen) atoms. The van der Waals surface area contributed by atoms with Crippen LogP contribution in [-0.4, -0.2) is 23.6 Å². The molecule has 0 fully saturated rings. The van der Waals surface area contributed by atoms with Crippen LogP contribution in [0.5, 0.6) is 0 Å². The molecule has 2 heterocycles. The van der Waals surface area contributed by atoms with Crippen molar-refractivity contribution in [2.45, 2.75) is 0 Å². The van der Waals surface area contributed by atoms with Crippen LogP contribution in [0, 0.1) is 5.82 Å². The Bertz CT molecular complexity index is 924. The van der Waals surface area contributed by atoms with Gasteiger partial charge in [-0.2, -0.15) is 13.5 Å². The molecule has 4 N–H and O–H groups in total. The molecule has 118 valence electrons. The number of aromatic nitrogens is 3. The minimum Gasteiger partial charge on any atom is -0.275 e. The normalized spacial score (nSPS) is 11.4. The smallest absolute Gasteiger partial charge is 0.275 e. The van der Waals surface area contributed by atoms with Crippen LogP contribution in [-0.2, 0) is 10.2 Å². The fourth-order valence-corrected chi connectivity index (χ4v) is 2.59. The summed E-state index contributed by atoms with van der Waals surface area (Å²) in [4.78, 5) is 3.93. The van der Waals surface area contributed by atoms with Crippen LogP contribution in [0.25, 0.3) is 22.4 Å². The van der Waals surface area contributed by atoms with Crippen LogP contribution in [0.3, 0.4) is 0 Å². The molecule has 0 unspecified atom stereocenters. The molecule has 9 heteroatoms. The highest BCUT2D eigenvalue weighted by atomic mass is 32.2. The first kappa shape index (κ1) is 15.1. The molecule has 1 aromatic carbocycles. The maximum Gasteiger partial charge on any atom is 0.297 e. The Hall–Kier alpha value is -2.78. The van der Waals surface area contributed by atoms with Gasteiger partial charge in [-0.25, -0.2) is 9.53 Å². The zero-order chi connectivity index (χ0) is 16.4. The van der Waals surface area contributed by atoms with Crippen molar-refractivity contribution in [2.24, 2.45) is 5.14 Å². The first-order valence-electron chi connectivity index (χ1n) is 6.49. The number of pyridine rings is 1. The van der Waals surface area contributed by atoms with Gasteiger partial charge in [0.05, 0.1) is 11.3 Å². The largest absolute Gasteiger partial charge is 0.297 e. The maximum atomic E-state index is 13.1. The van der Waals surface area contributed by atoms with Crippen molar-refractivity contribution in [3.05, 3.63) is 54.6 Å². The minimum absolute atomic E-state index is 0.0537. The second-order valence-corrected chi connectivity index (χ2v) is 6.01. The minimum atomic E-state index is -3.99. The van der Waals surface area contributed by atoms with E-state index in [1.165, 1.54) is 12.1 Å². The number of halogens is 1. The van der Waals surface area contributed by atoms with Crippen molar-refractivity contribution in [3.63, 3.8) is 0 Å². The summed E-state index contributed by atoms with van der Waals surface area (Å²) in [5.74, 6) is -0.320. The molecule has 2 aromatic heterocycles. The molecule has 0 saturated heterocycles. The summed E-state index contributed by atoms with van der Waals surface area (Å²) in [5, 5.41) is 11.8. The lowest BCUT2D eigenvalue weighted by atomic mass is 10.0. The lowest BCUT2D eigenvalue weighted by Crippen LogP contribution is -2.22. The van der Waals surface area contributed by atoms with Gasteiger partial charge in [-0.05, 0) is 42.0 Å². The van der Waals surface area contributed by atoms with Gasteiger partial charge in [0.2, 0.25) is 0 Å². The number of H-pyrrole nitrogens is 1. The highest BCUT2D eigenvalue weighted by molar-refractivity contribution is 7.90. The molecule has 3 aromatic rings. The summed E-state index contributed by atoms with van der Waals surface area (Å²) in [6.07, 6.45) is 3.13. The summed E-state index contributed by atoms with van der Waals surface area (Å²) in [6, 6.07) is 9.14. The molecule has 0 atom stereocenters. The molecule has 0 radical (unpaired) electrons. The van der Waals surface area contributed by atoms with E-state index in [0.29, 0.717) is 22.4 Å². The fraction of sp³-hybridized carbons (Fsp3) is 0. The van der Waals surface area contributed by atoms with E-state index in [9.17, 15) is 12.8 Å². The number of hydrogen-bond acceptors (Lipinski definition) is 4. The summed E-state index contributed by atoms with van der Waals surface area (Å²) in [5.41, 5.74) is 2.35. The molecule has 0 aliphatic rings. The van der Waals surface area contributed by atoms with E-state index in [1.807, 2.05) is 0 Å². The Morgan fingerprint density at radius 2 is 1.70 bits per heavy atom. The van der Waals surface area contributed by atoms with Crippen molar-refractivity contribution in [1.82, 2.24) is 15.2 Å². The molecule has 0 amide bonds. The van der Waals surface area contributed by atoms with Gasteiger partial charge in [0.1, 0.15) is 5.82 Å². The maximum absolute atomic E-state index is 13.1. The van der Waals surface area contributed by atoms with Gasteiger partial charge in [0, 0.05) is 18.0 Å². The van der Waals surface area contributed by atoms with Gasteiger partial charge in [-0.1, -0.05) is 0 Å². The van der Waals surface area contributed by atoms with Gasteiger partial charge in [0.25, 0.3) is 10.2 Å². The molecule has 0 spiro atoms. The number of hydrogen-bond donors (Lipinski definition) is 3. The highest BCUT2D eigenvalue weighted by Crippen LogP contribution is 2.36. The van der Waals surface area contributed by atoms with Crippen molar-refractivity contribution in [3.8, 4) is 22.4 Å². The molecule has 0 aliphatic heterocycles. The predicted molar refractivity (Wildman–Crippen MR) is 83.9 cm³/mol. The van der Waals surface area contributed by atoms with Crippen LogP contribution in [0.15, 0.2) is 48.8 Å². The number of aromatic amines is 1. The van der Waals surface area contributed by atoms with Gasteiger partial charge in [-0.3, -0.25) is 14.8 Å². The summed E-state index contributed by atoms with van der Waals surface area (Å²) >= 11 is 0. The third-order valence-electron chi connectivity index (χ3n) is 3.11. The Balaban J connectivity index is 2.19. The fourth-order valence-electron chi connectivity index (χ4n) is 2.18. The van der Waals surface area contributed by atoms with E-state index in [1.54, 1.807) is 36.7 Å². The Kier molecular flexibility index (Phi) is 3.80. The lowest BCUT2D eigenvalue weighted by Gasteiger charge is -2.07. The van der Waals surface area contributed by atoms with Gasteiger partial charge >= 0.3 is 0 Å². The zero-order valence-corrected chi connectivity index (χ0v) is 12.5. The van der Waals surface area contributed by atoms with E-state index >= 15 is 0 Å². The predicted octanol–water partition coefficient (Wildman–Crippen LogP) is 1.89. The monoisotopic (exact) mass is 333 g/mol. The summed E-state index contributed by atoms with van der Waals surface area (Å²) < 4.78 is 37.9. The number of nitrogens with one attached hydrogen (secondary N) is 2. The van der Waals surface area contributed by atoms with Gasteiger partial charge in [-0.15, -0.1) is 0 Å². The average Bonchev–Trinajstić information content (AvgIpc) is 2.90. The van der Waals surface area contributed by atoms with Crippen LogP contribution < -0.4 is 9.86 Å². The summed E-state index contributed by atoms with van der Waals surface area (Å²) in [6.45, 7) is 0. The van der Waals surface area contributed by atoms with E-state index in [-0.39, 0.29) is 11.6 Å². The topological polar surface area (TPSA) is 114 Å². The highest BCUT2D eigenvalue weighted by Gasteiger charge is 2.19. The first-order chi connectivity index (χ1) is 10.9. The van der Waals surface area contributed by atoms with E-state index in [0.717, 1.165) is 0 Å². The van der Waals surface area contributed by atoms with Crippen LogP contribution in [0.2, 0.25) is 0 Å². The third-order valence-corrected chi connectivity index (χ3v) is 3.59. The van der Waals surface area contributed by atoms with Crippen molar-refractivity contribution in [2.75, 3.05) is 4.72 Å². The Morgan fingerprint density at radius 3 is 2.30 bits per heavy atom. The van der Waals surface area contributed by atoms with Crippen LogP contribution >= 0.6 is 0 Å². The third kappa shape index (κ3) is 3.35. The Morgan fingerprint density at radius 1 is 1.04 bits per heavy atom. The van der Waals surface area contributed by atoms with Crippen molar-refractivity contribution in [1.29, 1.82) is 0 Å². The van der Waals surface area contributed by atoms with Gasteiger partial charge < -0.3 is 0 Å². The second-order valence-electron chi connectivity index (χ2n) is 4.71. The van der Waals surface area contributed by atoms with E-state index in [4.69, 9.17) is 5.14 Å². The number of rotatable bonds is 4. The first-order valence-corrected chi connectivity index (χ1v) is 8.04. The van der Waals surface area contributed by atoms with E-state index < -0.39 is 10.2 Å². The summed E-state index contributed by atoms with van der Waals surface area (Å²) in [7, 11) is -3.99. The number of nitrogens with zero attached hydrogens (tertiary/aromatic N) is 2. The van der Waals surface area contributed by atoms with Crippen LogP contribution in [0.4, 0.5) is 10.2 Å². The standard InChI is InChI=1S/C14H12FN5O2S/c15-11-3-1-10(2-4-11)13-12(9-5-7-17-8-6-9)14(19-18-13)20-23(16,21)22/h1-8H,(H2,16,21,22)(H2,18,19,20). The number of nitrogens with two attached hydrogens (primary N) is 1. The van der Waals surface area contributed by atoms with Crippen LogP contribution in [0.1, 0.15) is 0 Å². The van der Waals surface area contributed by atoms with Crippen molar-refractivity contribution < 1.29 is 12.8 Å². The lowest BCUT2D eigenvalue weighted by molar-refractivity contribution is 0.602. The quantitative estimate of drug-likeness (QED) is 0.676.